The Labute approximate surface area is 181 Å². The summed E-state index contributed by atoms with van der Waals surface area (Å²) in [6.45, 7) is 5.97. The minimum atomic E-state index is -0.705. The molecule has 1 heterocycles. The summed E-state index contributed by atoms with van der Waals surface area (Å²) in [4.78, 5) is 30.2. The highest BCUT2D eigenvalue weighted by Crippen LogP contribution is 2.40. The number of Topliss-reactive ketones (excluding diaryl/α,β-unsaturated/α-hetero) is 2. The van der Waals surface area contributed by atoms with E-state index in [-0.39, 0.29) is 17.0 Å². The summed E-state index contributed by atoms with van der Waals surface area (Å²) in [6, 6.07) is 14.8. The third-order valence-corrected chi connectivity index (χ3v) is 5.84. The van der Waals surface area contributed by atoms with E-state index in [1.165, 1.54) is 0 Å². The zero-order chi connectivity index (χ0) is 21.5. The highest BCUT2D eigenvalue weighted by atomic mass is 35.5. The minimum Gasteiger partial charge on any atom is -0.439 e. The van der Waals surface area contributed by atoms with Crippen LogP contribution in [0.5, 0.6) is 11.6 Å². The maximum Gasteiger partial charge on any atom is 0.219 e. The number of pyridine rings is 1. The highest BCUT2D eigenvalue weighted by molar-refractivity contribution is 6.31. The predicted molar refractivity (Wildman–Crippen MR) is 118 cm³/mol. The Morgan fingerprint density at radius 3 is 2.47 bits per heavy atom. The van der Waals surface area contributed by atoms with Crippen LogP contribution >= 0.6 is 11.6 Å². The van der Waals surface area contributed by atoms with Crippen molar-refractivity contribution in [3.8, 4) is 11.6 Å². The van der Waals surface area contributed by atoms with Gasteiger partial charge >= 0.3 is 0 Å². The molecule has 0 saturated heterocycles. The van der Waals surface area contributed by atoms with Crippen molar-refractivity contribution in [2.24, 2.45) is 5.41 Å². The highest BCUT2D eigenvalue weighted by Gasteiger charge is 2.41. The van der Waals surface area contributed by atoms with Gasteiger partial charge in [-0.15, -0.1) is 0 Å². The standard InChI is InChI=1S/C25H24ClNO3/c1-4-15-5-8-18(12-19(15)24-21(28)13-25(2,3)14-22(24)29)30-23-10-6-16-11-17(26)7-9-20(16)27-23/h5-12,24H,4,13-14H2,1-3H3. The van der Waals surface area contributed by atoms with E-state index >= 15 is 0 Å². The van der Waals surface area contributed by atoms with Crippen LogP contribution in [0, 0.1) is 5.41 Å². The number of aryl methyl sites for hydroxylation is 1. The van der Waals surface area contributed by atoms with Crippen molar-refractivity contribution in [2.75, 3.05) is 0 Å². The molecule has 0 spiro atoms. The fraction of sp³-hybridized carbons (Fsp3) is 0.320. The van der Waals surface area contributed by atoms with Crippen LogP contribution < -0.4 is 4.74 Å². The molecule has 4 nitrogen and oxygen atoms in total. The number of hydrogen-bond donors (Lipinski definition) is 0. The number of fused-ring (bicyclic) bond motifs is 1. The minimum absolute atomic E-state index is 0.0104. The van der Waals surface area contributed by atoms with Gasteiger partial charge < -0.3 is 4.74 Å². The molecular weight excluding hydrogens is 398 g/mol. The lowest BCUT2D eigenvalue weighted by molar-refractivity contribution is -0.135. The molecule has 0 aliphatic heterocycles. The summed E-state index contributed by atoms with van der Waals surface area (Å²) in [5.41, 5.74) is 2.26. The molecule has 0 radical (unpaired) electrons. The lowest BCUT2D eigenvalue weighted by atomic mass is 9.69. The van der Waals surface area contributed by atoms with Crippen molar-refractivity contribution < 1.29 is 14.3 Å². The fourth-order valence-electron chi connectivity index (χ4n) is 4.22. The molecule has 0 unspecified atom stereocenters. The number of aromatic nitrogens is 1. The van der Waals surface area contributed by atoms with Gasteiger partial charge in [-0.3, -0.25) is 9.59 Å². The van der Waals surface area contributed by atoms with Gasteiger partial charge in [0.1, 0.15) is 23.2 Å². The lowest BCUT2D eigenvalue weighted by Crippen LogP contribution is -2.36. The number of carbonyl (C=O) groups is 2. The zero-order valence-electron chi connectivity index (χ0n) is 17.4. The molecule has 0 bridgehead atoms. The van der Waals surface area contributed by atoms with Crippen LogP contribution in [0.4, 0.5) is 0 Å². The average Bonchev–Trinajstić information content (AvgIpc) is 2.67. The van der Waals surface area contributed by atoms with Crippen LogP contribution in [0.25, 0.3) is 10.9 Å². The molecule has 2 aromatic carbocycles. The van der Waals surface area contributed by atoms with Gasteiger partial charge in [0.15, 0.2) is 0 Å². The van der Waals surface area contributed by atoms with E-state index < -0.39 is 5.92 Å². The summed E-state index contributed by atoms with van der Waals surface area (Å²) in [6.07, 6.45) is 1.56. The molecule has 30 heavy (non-hydrogen) atoms. The summed E-state index contributed by atoms with van der Waals surface area (Å²) < 4.78 is 5.99. The van der Waals surface area contributed by atoms with Gasteiger partial charge in [-0.05, 0) is 59.4 Å². The van der Waals surface area contributed by atoms with Crippen LogP contribution in [-0.2, 0) is 16.0 Å². The van der Waals surface area contributed by atoms with Crippen molar-refractivity contribution in [3.63, 3.8) is 0 Å². The first kappa shape index (κ1) is 20.5. The number of rotatable bonds is 4. The van der Waals surface area contributed by atoms with Crippen molar-refractivity contribution in [2.45, 2.75) is 46.0 Å². The summed E-state index contributed by atoms with van der Waals surface area (Å²) in [7, 11) is 0. The van der Waals surface area contributed by atoms with Gasteiger partial charge in [0.2, 0.25) is 5.88 Å². The Bertz CT molecular complexity index is 1130. The molecule has 0 amide bonds. The molecule has 4 rings (SSSR count). The summed E-state index contributed by atoms with van der Waals surface area (Å²) in [5.74, 6) is 0.284. The molecule has 3 aromatic rings. The maximum atomic E-state index is 12.8. The van der Waals surface area contributed by atoms with Crippen molar-refractivity contribution in [1.82, 2.24) is 4.98 Å². The first-order chi connectivity index (χ1) is 14.3. The van der Waals surface area contributed by atoms with Gasteiger partial charge in [0.05, 0.1) is 5.52 Å². The van der Waals surface area contributed by atoms with E-state index in [0.717, 1.165) is 28.5 Å². The molecule has 0 N–H and O–H groups in total. The Kier molecular flexibility index (Phi) is 5.37. The second-order valence-electron chi connectivity index (χ2n) is 8.69. The number of carbonyl (C=O) groups excluding carboxylic acids is 2. The summed E-state index contributed by atoms with van der Waals surface area (Å²) in [5, 5.41) is 1.58. The first-order valence-corrected chi connectivity index (χ1v) is 10.6. The number of ketones is 2. The van der Waals surface area contributed by atoms with Crippen LogP contribution in [0.15, 0.2) is 48.5 Å². The van der Waals surface area contributed by atoms with Crippen LogP contribution in [-0.4, -0.2) is 16.6 Å². The molecule has 1 aliphatic rings. The Hall–Kier alpha value is -2.72. The quantitative estimate of drug-likeness (QED) is 0.465. The van der Waals surface area contributed by atoms with Gasteiger partial charge in [0, 0.05) is 29.3 Å². The number of benzene rings is 2. The second-order valence-corrected chi connectivity index (χ2v) is 9.12. The average molecular weight is 422 g/mol. The summed E-state index contributed by atoms with van der Waals surface area (Å²) >= 11 is 6.04. The number of ether oxygens (including phenoxy) is 1. The van der Waals surface area contributed by atoms with Crippen LogP contribution in [0.3, 0.4) is 0 Å². The van der Waals surface area contributed by atoms with Gasteiger partial charge in [-0.1, -0.05) is 38.4 Å². The van der Waals surface area contributed by atoms with Crippen LogP contribution in [0.2, 0.25) is 5.02 Å². The molecule has 5 heteroatoms. The van der Waals surface area contributed by atoms with E-state index in [2.05, 4.69) is 4.98 Å². The third kappa shape index (κ3) is 4.10. The van der Waals surface area contributed by atoms with Gasteiger partial charge in [-0.2, -0.15) is 0 Å². The number of nitrogens with zero attached hydrogens (tertiary/aromatic N) is 1. The van der Waals surface area contributed by atoms with E-state index in [1.807, 2.05) is 57.2 Å². The number of halogens is 1. The van der Waals surface area contributed by atoms with Gasteiger partial charge in [0.25, 0.3) is 0 Å². The second kappa shape index (κ2) is 7.84. The van der Waals surface area contributed by atoms with Crippen molar-refractivity contribution in [3.05, 3.63) is 64.7 Å². The van der Waals surface area contributed by atoms with E-state index in [0.29, 0.717) is 29.5 Å². The molecule has 1 aliphatic carbocycles. The Morgan fingerprint density at radius 2 is 1.77 bits per heavy atom. The van der Waals surface area contributed by atoms with E-state index in [9.17, 15) is 9.59 Å². The van der Waals surface area contributed by atoms with Crippen molar-refractivity contribution in [1.29, 1.82) is 0 Å². The number of hydrogen-bond acceptors (Lipinski definition) is 4. The van der Waals surface area contributed by atoms with E-state index in [4.69, 9.17) is 16.3 Å². The monoisotopic (exact) mass is 421 g/mol. The Morgan fingerprint density at radius 1 is 1.03 bits per heavy atom. The largest absolute Gasteiger partial charge is 0.439 e. The smallest absolute Gasteiger partial charge is 0.219 e. The van der Waals surface area contributed by atoms with Crippen molar-refractivity contribution >= 4 is 34.1 Å². The molecule has 1 saturated carbocycles. The Balaban J connectivity index is 1.67. The topological polar surface area (TPSA) is 56.3 Å². The zero-order valence-corrected chi connectivity index (χ0v) is 18.1. The van der Waals surface area contributed by atoms with Gasteiger partial charge in [-0.25, -0.2) is 4.98 Å². The maximum absolute atomic E-state index is 12.8. The SMILES string of the molecule is CCc1ccc(Oc2ccc3cc(Cl)ccc3n2)cc1C1C(=O)CC(C)(C)CC1=O. The normalized spacial score (nSPS) is 16.8. The molecule has 1 aromatic heterocycles. The van der Waals surface area contributed by atoms with Crippen LogP contribution in [0.1, 0.15) is 50.7 Å². The molecular formula is C25H24ClNO3. The molecule has 1 fully saturated rings. The predicted octanol–water partition coefficient (Wildman–Crippen LogP) is 6.28. The fourth-order valence-corrected chi connectivity index (χ4v) is 4.40. The molecule has 154 valence electrons. The van der Waals surface area contributed by atoms with E-state index in [1.54, 1.807) is 12.1 Å². The lowest BCUT2D eigenvalue weighted by Gasteiger charge is -2.33. The first-order valence-electron chi connectivity index (χ1n) is 10.2. The molecule has 0 atom stereocenters. The third-order valence-electron chi connectivity index (χ3n) is 5.61.